The number of carbonyl (C=O) groups is 1. The fraction of sp³-hybridized carbons (Fsp3) is 0.167. The third-order valence-electron chi connectivity index (χ3n) is 3.84. The van der Waals surface area contributed by atoms with Crippen LogP contribution in [0.2, 0.25) is 0 Å². The molecule has 0 unspecified atom stereocenters. The van der Waals surface area contributed by atoms with Crippen molar-refractivity contribution >= 4 is 22.4 Å². The Labute approximate surface area is 146 Å². The minimum Gasteiger partial charge on any atom is -0.324 e. The van der Waals surface area contributed by atoms with Gasteiger partial charge in [0.15, 0.2) is 0 Å². The van der Waals surface area contributed by atoms with Gasteiger partial charge in [-0.2, -0.15) is 18.3 Å². The van der Waals surface area contributed by atoms with Crippen molar-refractivity contribution in [2.45, 2.75) is 19.6 Å². The van der Waals surface area contributed by atoms with Crippen LogP contribution < -0.4 is 10.9 Å². The lowest BCUT2D eigenvalue weighted by molar-refractivity contribution is -0.137. The van der Waals surface area contributed by atoms with Gasteiger partial charge in [-0.3, -0.25) is 9.59 Å². The lowest BCUT2D eigenvalue weighted by Gasteiger charge is -2.10. The van der Waals surface area contributed by atoms with Gasteiger partial charge in [-0.15, -0.1) is 0 Å². The number of halogens is 3. The van der Waals surface area contributed by atoms with Crippen LogP contribution in [0, 0.1) is 6.92 Å². The highest BCUT2D eigenvalue weighted by Crippen LogP contribution is 2.29. The third-order valence-corrected chi connectivity index (χ3v) is 3.84. The van der Waals surface area contributed by atoms with Crippen molar-refractivity contribution in [2.75, 3.05) is 5.32 Å². The first kappa shape index (κ1) is 17.7. The van der Waals surface area contributed by atoms with E-state index in [0.29, 0.717) is 16.5 Å². The average molecular weight is 361 g/mol. The number of nitrogens with one attached hydrogen (secondary N) is 1. The Balaban J connectivity index is 1.79. The van der Waals surface area contributed by atoms with Gasteiger partial charge in [-0.1, -0.05) is 18.2 Å². The number of aromatic nitrogens is 2. The molecule has 8 heteroatoms. The van der Waals surface area contributed by atoms with Crippen LogP contribution in [0.3, 0.4) is 0 Å². The number of aryl methyl sites for hydroxylation is 1. The number of alkyl halides is 3. The molecule has 1 aromatic heterocycles. The third kappa shape index (κ3) is 3.58. The molecule has 26 heavy (non-hydrogen) atoms. The Hall–Kier alpha value is -3.16. The topological polar surface area (TPSA) is 64.0 Å². The summed E-state index contributed by atoms with van der Waals surface area (Å²) in [6.45, 7) is 1.39. The maximum atomic E-state index is 12.5. The van der Waals surface area contributed by atoms with Crippen molar-refractivity contribution in [3.8, 4) is 0 Å². The van der Waals surface area contributed by atoms with Crippen molar-refractivity contribution in [3.05, 3.63) is 70.1 Å². The van der Waals surface area contributed by atoms with Crippen LogP contribution in [0.1, 0.15) is 11.3 Å². The number of hydrogen-bond acceptors (Lipinski definition) is 3. The maximum absolute atomic E-state index is 12.5. The number of anilines is 1. The van der Waals surface area contributed by atoms with E-state index in [4.69, 9.17) is 0 Å². The Kier molecular flexibility index (Phi) is 4.50. The molecule has 0 saturated carbocycles. The standard InChI is InChI=1S/C18H14F3N3O2/c1-11-14-4-2-3-5-15(14)17(26)24(23-11)10-16(25)22-13-8-6-12(7-9-13)18(19,20)21/h2-9H,10H2,1H3,(H,22,25). The number of fused-ring (bicyclic) bond motifs is 1. The molecule has 0 fully saturated rings. The Bertz CT molecular complexity index is 1020. The minimum atomic E-state index is -4.44. The van der Waals surface area contributed by atoms with Crippen LogP contribution in [0.4, 0.5) is 18.9 Å². The molecule has 0 spiro atoms. The smallest absolute Gasteiger partial charge is 0.324 e. The zero-order valence-corrected chi connectivity index (χ0v) is 13.7. The van der Waals surface area contributed by atoms with Crippen LogP contribution in [-0.4, -0.2) is 15.7 Å². The van der Waals surface area contributed by atoms with E-state index in [9.17, 15) is 22.8 Å². The molecule has 134 valence electrons. The molecule has 1 heterocycles. The van der Waals surface area contributed by atoms with E-state index in [1.807, 2.05) is 0 Å². The van der Waals surface area contributed by atoms with Crippen LogP contribution in [0.5, 0.6) is 0 Å². The minimum absolute atomic E-state index is 0.202. The zero-order valence-electron chi connectivity index (χ0n) is 13.7. The molecule has 0 aliphatic rings. The van der Waals surface area contributed by atoms with E-state index in [0.717, 1.165) is 28.9 Å². The summed E-state index contributed by atoms with van der Waals surface area (Å²) in [7, 11) is 0. The quantitative estimate of drug-likeness (QED) is 0.778. The van der Waals surface area contributed by atoms with E-state index in [-0.39, 0.29) is 12.2 Å². The second-order valence-corrected chi connectivity index (χ2v) is 5.72. The summed E-state index contributed by atoms with van der Waals surface area (Å²) in [5.74, 6) is -0.561. The number of hydrogen-bond donors (Lipinski definition) is 1. The van der Waals surface area contributed by atoms with Crippen molar-refractivity contribution in [2.24, 2.45) is 0 Å². The van der Waals surface area contributed by atoms with Gasteiger partial charge >= 0.3 is 6.18 Å². The van der Waals surface area contributed by atoms with E-state index in [2.05, 4.69) is 10.4 Å². The van der Waals surface area contributed by atoms with Gasteiger partial charge < -0.3 is 5.32 Å². The number of rotatable bonds is 3. The molecule has 0 aliphatic heterocycles. The van der Waals surface area contributed by atoms with Crippen molar-refractivity contribution in [1.82, 2.24) is 9.78 Å². The molecular weight excluding hydrogens is 347 g/mol. The predicted octanol–water partition coefficient (Wildman–Crippen LogP) is 3.36. The van der Waals surface area contributed by atoms with Crippen LogP contribution >= 0.6 is 0 Å². The second kappa shape index (κ2) is 6.62. The first-order valence-corrected chi connectivity index (χ1v) is 7.69. The zero-order chi connectivity index (χ0) is 18.9. The first-order valence-electron chi connectivity index (χ1n) is 7.69. The molecule has 3 rings (SSSR count). The Morgan fingerprint density at radius 1 is 1.08 bits per heavy atom. The van der Waals surface area contributed by atoms with Crippen molar-refractivity contribution in [3.63, 3.8) is 0 Å². The summed E-state index contributed by atoms with van der Waals surface area (Å²) in [6.07, 6.45) is -4.44. The SMILES string of the molecule is Cc1nn(CC(=O)Nc2ccc(C(F)(F)F)cc2)c(=O)c2ccccc12. The van der Waals surface area contributed by atoms with Gasteiger partial charge in [0.1, 0.15) is 6.54 Å². The summed E-state index contributed by atoms with van der Waals surface area (Å²) in [6, 6.07) is 11.0. The monoisotopic (exact) mass is 361 g/mol. The van der Waals surface area contributed by atoms with Crippen LogP contribution in [0.25, 0.3) is 10.8 Å². The molecule has 1 amide bonds. The fourth-order valence-electron chi connectivity index (χ4n) is 2.59. The summed E-state index contributed by atoms with van der Waals surface area (Å²) in [5.41, 5.74) is -0.414. The van der Waals surface area contributed by atoms with Gasteiger partial charge in [0.05, 0.1) is 16.6 Å². The number of carbonyl (C=O) groups excluding carboxylic acids is 1. The molecule has 0 aliphatic carbocycles. The molecule has 0 radical (unpaired) electrons. The van der Waals surface area contributed by atoms with E-state index < -0.39 is 23.2 Å². The first-order chi connectivity index (χ1) is 12.3. The van der Waals surface area contributed by atoms with E-state index in [1.165, 1.54) is 0 Å². The Morgan fingerprint density at radius 3 is 2.31 bits per heavy atom. The predicted molar refractivity (Wildman–Crippen MR) is 90.8 cm³/mol. The van der Waals surface area contributed by atoms with Crippen LogP contribution in [-0.2, 0) is 17.5 Å². The normalized spacial score (nSPS) is 11.5. The second-order valence-electron chi connectivity index (χ2n) is 5.72. The lowest BCUT2D eigenvalue weighted by atomic mass is 10.1. The molecule has 0 atom stereocenters. The molecular formula is C18H14F3N3O2. The molecule has 1 N–H and O–H groups in total. The Morgan fingerprint density at radius 2 is 1.69 bits per heavy atom. The number of benzene rings is 2. The van der Waals surface area contributed by atoms with E-state index in [1.54, 1.807) is 31.2 Å². The number of amides is 1. The van der Waals surface area contributed by atoms with Gasteiger partial charge in [-0.05, 0) is 37.3 Å². The van der Waals surface area contributed by atoms with Gasteiger partial charge in [0, 0.05) is 11.1 Å². The molecule has 2 aromatic carbocycles. The highest BCUT2D eigenvalue weighted by Gasteiger charge is 2.30. The maximum Gasteiger partial charge on any atom is 0.416 e. The molecule has 0 saturated heterocycles. The summed E-state index contributed by atoms with van der Waals surface area (Å²) < 4.78 is 38.7. The van der Waals surface area contributed by atoms with Crippen LogP contribution in [0.15, 0.2) is 53.3 Å². The summed E-state index contributed by atoms with van der Waals surface area (Å²) >= 11 is 0. The van der Waals surface area contributed by atoms with Gasteiger partial charge in [-0.25, -0.2) is 4.68 Å². The highest BCUT2D eigenvalue weighted by molar-refractivity contribution is 5.91. The van der Waals surface area contributed by atoms with Crippen molar-refractivity contribution < 1.29 is 18.0 Å². The largest absolute Gasteiger partial charge is 0.416 e. The highest BCUT2D eigenvalue weighted by atomic mass is 19.4. The van der Waals surface area contributed by atoms with Crippen molar-refractivity contribution in [1.29, 1.82) is 0 Å². The molecule has 3 aromatic rings. The summed E-state index contributed by atoms with van der Waals surface area (Å²) in [4.78, 5) is 24.5. The number of nitrogens with zero attached hydrogens (tertiary/aromatic N) is 2. The average Bonchev–Trinajstić information content (AvgIpc) is 2.59. The fourth-order valence-corrected chi connectivity index (χ4v) is 2.59. The van der Waals surface area contributed by atoms with Gasteiger partial charge in [0.25, 0.3) is 5.56 Å². The molecule has 0 bridgehead atoms. The van der Waals surface area contributed by atoms with Gasteiger partial charge in [0.2, 0.25) is 5.91 Å². The lowest BCUT2D eigenvalue weighted by Crippen LogP contribution is -2.30. The summed E-state index contributed by atoms with van der Waals surface area (Å²) in [5, 5.41) is 7.73. The molecule has 5 nitrogen and oxygen atoms in total. The van der Waals surface area contributed by atoms with E-state index >= 15 is 0 Å².